The predicted octanol–water partition coefficient (Wildman–Crippen LogP) is 2.24. The van der Waals surface area contributed by atoms with Gasteiger partial charge in [0.25, 0.3) is 0 Å². The molecule has 0 aromatic heterocycles. The quantitative estimate of drug-likeness (QED) is 0.647. The number of benzene rings is 1. The molecule has 1 rings (SSSR count). The van der Waals surface area contributed by atoms with Crippen molar-refractivity contribution in [3.8, 4) is 0 Å². The molecule has 0 fully saturated rings. The lowest BCUT2D eigenvalue weighted by atomic mass is 9.95. The Bertz CT molecular complexity index is 333. The average molecular weight is 176 g/mol. The zero-order chi connectivity index (χ0) is 10.0. The van der Waals surface area contributed by atoms with Gasteiger partial charge < -0.3 is 0 Å². The van der Waals surface area contributed by atoms with Crippen molar-refractivity contribution in [1.29, 1.82) is 0 Å². The van der Waals surface area contributed by atoms with Crippen LogP contribution in [0.2, 0.25) is 0 Å². The van der Waals surface area contributed by atoms with Gasteiger partial charge in [-0.15, -0.1) is 0 Å². The summed E-state index contributed by atoms with van der Waals surface area (Å²) in [5.41, 5.74) is 4.14. The van der Waals surface area contributed by atoms with Crippen LogP contribution in [0.4, 0.5) is 0 Å². The summed E-state index contributed by atoms with van der Waals surface area (Å²) < 4.78 is 0. The van der Waals surface area contributed by atoms with Crippen molar-refractivity contribution in [1.82, 2.24) is 0 Å². The summed E-state index contributed by atoms with van der Waals surface area (Å²) in [7, 11) is 0. The Hall–Kier alpha value is -1.44. The van der Waals surface area contributed by atoms with E-state index in [0.29, 0.717) is 11.1 Å². The molecule has 0 heterocycles. The Morgan fingerprint density at radius 3 is 1.54 bits per heavy atom. The van der Waals surface area contributed by atoms with Crippen molar-refractivity contribution in [2.75, 3.05) is 0 Å². The maximum Gasteiger partial charge on any atom is 0.150 e. The van der Waals surface area contributed by atoms with Crippen molar-refractivity contribution >= 4 is 12.6 Å². The van der Waals surface area contributed by atoms with Gasteiger partial charge in [-0.1, -0.05) is 0 Å². The fourth-order valence-corrected chi connectivity index (χ4v) is 1.34. The molecule has 0 N–H and O–H groups in total. The topological polar surface area (TPSA) is 34.1 Å². The normalized spacial score (nSPS) is 9.77. The van der Waals surface area contributed by atoms with Crippen LogP contribution in [0.25, 0.3) is 0 Å². The third kappa shape index (κ3) is 1.52. The first-order chi connectivity index (χ1) is 6.11. The fourth-order valence-electron chi connectivity index (χ4n) is 1.34. The number of carbonyl (C=O) groups is 2. The smallest absolute Gasteiger partial charge is 0.150 e. The zero-order valence-electron chi connectivity index (χ0n) is 8.05. The van der Waals surface area contributed by atoms with E-state index in [9.17, 15) is 9.59 Å². The van der Waals surface area contributed by atoms with E-state index in [4.69, 9.17) is 0 Å². The van der Waals surface area contributed by atoms with Crippen molar-refractivity contribution < 1.29 is 9.59 Å². The Morgan fingerprint density at radius 1 is 0.846 bits per heavy atom. The molecule has 1 aromatic rings. The van der Waals surface area contributed by atoms with E-state index in [1.165, 1.54) is 0 Å². The number of aldehydes is 2. The molecule has 0 saturated heterocycles. The lowest BCUT2D eigenvalue weighted by Crippen LogP contribution is -1.98. The first kappa shape index (κ1) is 9.65. The first-order valence-corrected chi connectivity index (χ1v) is 4.13. The summed E-state index contributed by atoms with van der Waals surface area (Å²) >= 11 is 0. The minimum Gasteiger partial charge on any atom is -0.298 e. The molecule has 0 unspecified atom stereocenters. The Kier molecular flexibility index (Phi) is 2.61. The molecule has 2 heteroatoms. The monoisotopic (exact) mass is 176 g/mol. The third-order valence-corrected chi connectivity index (χ3v) is 2.56. The van der Waals surface area contributed by atoms with Gasteiger partial charge in [0.2, 0.25) is 0 Å². The van der Waals surface area contributed by atoms with Gasteiger partial charge in [0.15, 0.2) is 0 Å². The molecule has 0 amide bonds. The molecule has 0 aliphatic carbocycles. The van der Waals surface area contributed by atoms with E-state index < -0.39 is 0 Å². The predicted molar refractivity (Wildman–Crippen MR) is 51.4 cm³/mol. The number of carbonyl (C=O) groups excluding carboxylic acids is 2. The minimum atomic E-state index is 0.602. The molecular weight excluding hydrogens is 164 g/mol. The number of hydrogen-bond acceptors (Lipinski definition) is 2. The van der Waals surface area contributed by atoms with Crippen molar-refractivity contribution in [3.63, 3.8) is 0 Å². The lowest BCUT2D eigenvalue weighted by molar-refractivity contribution is 0.112. The van der Waals surface area contributed by atoms with Crippen LogP contribution < -0.4 is 0 Å². The van der Waals surface area contributed by atoms with Gasteiger partial charge in [-0.3, -0.25) is 9.59 Å². The molecule has 68 valence electrons. The average Bonchev–Trinajstić information content (AvgIpc) is 2.15. The van der Waals surface area contributed by atoms with Crippen LogP contribution in [-0.2, 0) is 0 Å². The van der Waals surface area contributed by atoms with Gasteiger partial charge in [-0.05, 0) is 43.5 Å². The summed E-state index contributed by atoms with van der Waals surface area (Å²) in [4.78, 5) is 21.3. The minimum absolute atomic E-state index is 0.602. The second kappa shape index (κ2) is 3.52. The summed E-state index contributed by atoms with van der Waals surface area (Å²) in [6.45, 7) is 5.70. The lowest BCUT2D eigenvalue weighted by Gasteiger charge is -2.09. The van der Waals surface area contributed by atoms with Crippen molar-refractivity contribution in [3.05, 3.63) is 33.9 Å². The molecule has 0 atom stereocenters. The van der Waals surface area contributed by atoms with Gasteiger partial charge in [0.1, 0.15) is 12.6 Å². The molecule has 13 heavy (non-hydrogen) atoms. The highest BCUT2D eigenvalue weighted by atomic mass is 16.1. The van der Waals surface area contributed by atoms with E-state index >= 15 is 0 Å². The fraction of sp³-hybridized carbons (Fsp3) is 0.273. The summed E-state index contributed by atoms with van der Waals surface area (Å²) in [5, 5.41) is 0. The highest BCUT2D eigenvalue weighted by Crippen LogP contribution is 2.19. The second-order valence-corrected chi connectivity index (χ2v) is 3.17. The van der Waals surface area contributed by atoms with Crippen molar-refractivity contribution in [2.45, 2.75) is 20.8 Å². The van der Waals surface area contributed by atoms with Gasteiger partial charge in [0, 0.05) is 11.1 Å². The molecule has 0 spiro atoms. The zero-order valence-corrected chi connectivity index (χ0v) is 8.05. The summed E-state index contributed by atoms with van der Waals surface area (Å²) in [6.07, 6.45) is 1.57. The number of hydrogen-bond donors (Lipinski definition) is 0. The van der Waals surface area contributed by atoms with E-state index in [1.54, 1.807) is 6.07 Å². The second-order valence-electron chi connectivity index (χ2n) is 3.17. The standard InChI is InChI=1S/C11H12O2/c1-7-8(2)10(5-12)4-11(6-13)9(7)3/h4-6H,1-3H3. The van der Waals surface area contributed by atoms with Gasteiger partial charge in [-0.25, -0.2) is 0 Å². The molecule has 0 aliphatic rings. The first-order valence-electron chi connectivity index (χ1n) is 4.13. The SMILES string of the molecule is Cc1c(C=O)cc(C=O)c(C)c1C. The largest absolute Gasteiger partial charge is 0.298 e. The van der Waals surface area contributed by atoms with Crippen LogP contribution in [0, 0.1) is 20.8 Å². The maximum atomic E-state index is 10.6. The van der Waals surface area contributed by atoms with E-state index in [2.05, 4.69) is 0 Å². The van der Waals surface area contributed by atoms with E-state index in [-0.39, 0.29) is 0 Å². The van der Waals surface area contributed by atoms with Crippen LogP contribution in [0.5, 0.6) is 0 Å². The summed E-state index contributed by atoms with van der Waals surface area (Å²) in [6, 6.07) is 1.64. The van der Waals surface area contributed by atoms with Crippen molar-refractivity contribution in [2.24, 2.45) is 0 Å². The highest BCUT2D eigenvalue weighted by molar-refractivity contribution is 5.85. The Balaban J connectivity index is 3.53. The maximum absolute atomic E-state index is 10.6. The third-order valence-electron chi connectivity index (χ3n) is 2.56. The van der Waals surface area contributed by atoms with Crippen LogP contribution in [0.3, 0.4) is 0 Å². The van der Waals surface area contributed by atoms with Gasteiger partial charge in [0.05, 0.1) is 0 Å². The van der Waals surface area contributed by atoms with E-state index in [0.717, 1.165) is 29.3 Å². The van der Waals surface area contributed by atoms with Crippen LogP contribution in [0.1, 0.15) is 37.4 Å². The van der Waals surface area contributed by atoms with Crippen LogP contribution in [-0.4, -0.2) is 12.6 Å². The number of rotatable bonds is 2. The molecule has 0 saturated carbocycles. The molecule has 0 radical (unpaired) electrons. The Morgan fingerprint density at radius 2 is 1.23 bits per heavy atom. The molecule has 0 bridgehead atoms. The molecule has 1 aromatic carbocycles. The molecule has 2 nitrogen and oxygen atoms in total. The van der Waals surface area contributed by atoms with Gasteiger partial charge in [-0.2, -0.15) is 0 Å². The van der Waals surface area contributed by atoms with Crippen LogP contribution in [0.15, 0.2) is 6.07 Å². The molecular formula is C11H12O2. The Labute approximate surface area is 77.6 Å². The van der Waals surface area contributed by atoms with Gasteiger partial charge >= 0.3 is 0 Å². The highest BCUT2D eigenvalue weighted by Gasteiger charge is 2.07. The molecule has 0 aliphatic heterocycles. The summed E-state index contributed by atoms with van der Waals surface area (Å²) in [5.74, 6) is 0. The van der Waals surface area contributed by atoms with E-state index in [1.807, 2.05) is 20.8 Å². The van der Waals surface area contributed by atoms with Crippen LogP contribution >= 0.6 is 0 Å².